The molecule has 24 heavy (non-hydrogen) atoms. The summed E-state index contributed by atoms with van der Waals surface area (Å²) in [5.74, 6) is -11.7. The number of fused-ring (bicyclic) bond motifs is 1. The maximum absolute atomic E-state index is 14.2. The molecular formula is C14H2F8N2. The topological polar surface area (TPSA) is 47.6 Å². The van der Waals surface area contributed by atoms with E-state index in [-0.39, 0.29) is 0 Å². The van der Waals surface area contributed by atoms with E-state index in [0.29, 0.717) is 0 Å². The molecule has 0 aromatic heterocycles. The van der Waals surface area contributed by atoms with Crippen LogP contribution in [0.25, 0.3) is 10.8 Å². The Kier molecular flexibility index (Phi) is 4.10. The van der Waals surface area contributed by atoms with Gasteiger partial charge in [-0.3, -0.25) is 0 Å². The largest absolute Gasteiger partial charge is 0.422 e. The zero-order valence-corrected chi connectivity index (χ0v) is 11.1. The van der Waals surface area contributed by atoms with Gasteiger partial charge in [-0.25, -0.2) is 22.0 Å². The average molecular weight is 350 g/mol. The van der Waals surface area contributed by atoms with Crippen LogP contribution < -0.4 is 0 Å². The van der Waals surface area contributed by atoms with Gasteiger partial charge in [-0.1, -0.05) is 0 Å². The summed E-state index contributed by atoms with van der Waals surface area (Å²) in [5.41, 5.74) is -5.02. The lowest BCUT2D eigenvalue weighted by Gasteiger charge is -2.15. The third-order valence-corrected chi connectivity index (χ3v) is 3.20. The minimum absolute atomic E-state index is 0.967. The Morgan fingerprint density at radius 2 is 1.29 bits per heavy atom. The Morgan fingerprint density at radius 1 is 0.750 bits per heavy atom. The average Bonchev–Trinajstić information content (AvgIpc) is 2.47. The third kappa shape index (κ3) is 2.31. The van der Waals surface area contributed by atoms with Crippen LogP contribution in [0.5, 0.6) is 0 Å². The van der Waals surface area contributed by atoms with Gasteiger partial charge in [0.1, 0.15) is 23.3 Å². The summed E-state index contributed by atoms with van der Waals surface area (Å²) in [7, 11) is 0. The number of hydrogen-bond donors (Lipinski definition) is 0. The van der Waals surface area contributed by atoms with Gasteiger partial charge >= 0.3 is 6.18 Å². The molecule has 2 rings (SSSR count). The van der Waals surface area contributed by atoms with E-state index in [1.807, 2.05) is 0 Å². The molecule has 0 saturated heterocycles. The first-order valence-corrected chi connectivity index (χ1v) is 5.92. The lowest BCUT2D eigenvalue weighted by atomic mass is 9.95. The SMILES string of the molecule is N#CCc1c(C#N)c(F)c2c(F)c(C(F)(F)F)c(F)c(F)c2c1F. The summed E-state index contributed by atoms with van der Waals surface area (Å²) < 4.78 is 108. The Morgan fingerprint density at radius 3 is 1.75 bits per heavy atom. The van der Waals surface area contributed by atoms with Crippen LogP contribution in [0.3, 0.4) is 0 Å². The fraction of sp³-hybridized carbons (Fsp3) is 0.143. The van der Waals surface area contributed by atoms with Gasteiger partial charge < -0.3 is 0 Å². The van der Waals surface area contributed by atoms with Crippen molar-refractivity contribution in [1.82, 2.24) is 0 Å². The number of halogens is 8. The van der Waals surface area contributed by atoms with E-state index in [1.54, 1.807) is 0 Å². The van der Waals surface area contributed by atoms with Crippen molar-refractivity contribution in [3.05, 3.63) is 45.8 Å². The number of hydrogen-bond acceptors (Lipinski definition) is 2. The lowest BCUT2D eigenvalue weighted by molar-refractivity contribution is -0.142. The van der Waals surface area contributed by atoms with Gasteiger partial charge in [0.25, 0.3) is 0 Å². The van der Waals surface area contributed by atoms with Crippen LogP contribution in [-0.4, -0.2) is 0 Å². The second-order valence-electron chi connectivity index (χ2n) is 4.49. The van der Waals surface area contributed by atoms with Crippen LogP contribution in [0.1, 0.15) is 16.7 Å². The molecule has 2 nitrogen and oxygen atoms in total. The summed E-state index contributed by atoms with van der Waals surface area (Å²) in [6.45, 7) is 0. The molecule has 0 N–H and O–H groups in total. The molecule has 0 bridgehead atoms. The molecule has 10 heteroatoms. The van der Waals surface area contributed by atoms with Gasteiger partial charge in [-0.2, -0.15) is 23.7 Å². The molecule has 0 amide bonds. The predicted molar refractivity (Wildman–Crippen MR) is 62.8 cm³/mol. The molecule has 0 aliphatic rings. The Labute approximate surface area is 128 Å². The highest BCUT2D eigenvalue weighted by Crippen LogP contribution is 2.41. The first kappa shape index (κ1) is 17.5. The van der Waals surface area contributed by atoms with Crippen LogP contribution in [0.2, 0.25) is 0 Å². The molecule has 0 atom stereocenters. The monoisotopic (exact) mass is 350 g/mol. The van der Waals surface area contributed by atoms with Crippen LogP contribution in [0.4, 0.5) is 35.1 Å². The van der Waals surface area contributed by atoms with E-state index in [1.165, 1.54) is 6.07 Å². The van der Waals surface area contributed by atoms with Crippen molar-refractivity contribution in [2.75, 3.05) is 0 Å². The van der Waals surface area contributed by atoms with E-state index in [9.17, 15) is 35.1 Å². The zero-order chi connectivity index (χ0) is 18.4. The molecule has 0 saturated carbocycles. The molecule has 2 aromatic rings. The van der Waals surface area contributed by atoms with Gasteiger partial charge in [-0.05, 0) is 0 Å². The first-order chi connectivity index (χ1) is 11.1. The fourth-order valence-corrected chi connectivity index (χ4v) is 2.20. The van der Waals surface area contributed by atoms with Crippen molar-refractivity contribution >= 4 is 10.8 Å². The van der Waals surface area contributed by atoms with Crippen molar-refractivity contribution in [3.63, 3.8) is 0 Å². The van der Waals surface area contributed by atoms with Crippen LogP contribution in [0, 0.1) is 51.7 Å². The van der Waals surface area contributed by atoms with E-state index >= 15 is 0 Å². The molecule has 124 valence electrons. The second kappa shape index (κ2) is 5.64. The van der Waals surface area contributed by atoms with Crippen molar-refractivity contribution < 1.29 is 35.1 Å². The lowest BCUT2D eigenvalue weighted by Crippen LogP contribution is -2.15. The second-order valence-corrected chi connectivity index (χ2v) is 4.49. The zero-order valence-electron chi connectivity index (χ0n) is 11.1. The Bertz CT molecular complexity index is 947. The molecule has 0 aliphatic heterocycles. The third-order valence-electron chi connectivity index (χ3n) is 3.20. The van der Waals surface area contributed by atoms with Crippen molar-refractivity contribution in [1.29, 1.82) is 10.5 Å². The Balaban J connectivity index is 3.21. The van der Waals surface area contributed by atoms with E-state index < -0.39 is 69.1 Å². The van der Waals surface area contributed by atoms with Crippen LogP contribution >= 0.6 is 0 Å². The quantitative estimate of drug-likeness (QED) is 0.562. The summed E-state index contributed by atoms with van der Waals surface area (Å²) in [6, 6.07) is 2.40. The van der Waals surface area contributed by atoms with Gasteiger partial charge in [0.05, 0.1) is 28.8 Å². The van der Waals surface area contributed by atoms with Crippen molar-refractivity contribution in [2.45, 2.75) is 12.6 Å². The minimum atomic E-state index is -5.73. The molecule has 0 aliphatic carbocycles. The highest BCUT2D eigenvalue weighted by Gasteiger charge is 2.42. The number of nitriles is 2. The standard InChI is InChI=1S/C14H2F8N2/c15-9-4(1-2-23)5(3-24)10(16)6-7(9)12(18)13(19)8(11(6)17)14(20,21)22/h1H2. The molecular weight excluding hydrogens is 348 g/mol. The molecule has 0 radical (unpaired) electrons. The maximum Gasteiger partial charge on any atom is 0.422 e. The summed E-state index contributed by atoms with van der Waals surface area (Å²) in [6.07, 6.45) is -6.70. The number of alkyl halides is 3. The van der Waals surface area contributed by atoms with Gasteiger partial charge in [0.2, 0.25) is 0 Å². The normalized spacial score (nSPS) is 11.4. The molecule has 0 unspecified atom stereocenters. The summed E-state index contributed by atoms with van der Waals surface area (Å²) >= 11 is 0. The van der Waals surface area contributed by atoms with Gasteiger partial charge in [0, 0.05) is 5.56 Å². The van der Waals surface area contributed by atoms with Crippen LogP contribution in [-0.2, 0) is 12.6 Å². The molecule has 0 heterocycles. The van der Waals surface area contributed by atoms with Gasteiger partial charge in [-0.15, -0.1) is 0 Å². The number of nitrogens with zero attached hydrogens (tertiary/aromatic N) is 2. The van der Waals surface area contributed by atoms with E-state index in [4.69, 9.17) is 10.5 Å². The molecule has 0 spiro atoms. The fourth-order valence-electron chi connectivity index (χ4n) is 2.20. The minimum Gasteiger partial charge on any atom is -0.206 e. The van der Waals surface area contributed by atoms with E-state index in [0.717, 1.165) is 6.07 Å². The van der Waals surface area contributed by atoms with Crippen molar-refractivity contribution in [2.24, 2.45) is 0 Å². The van der Waals surface area contributed by atoms with Gasteiger partial charge in [0.15, 0.2) is 17.5 Å². The summed E-state index contributed by atoms with van der Waals surface area (Å²) in [5, 5.41) is 13.7. The number of rotatable bonds is 1. The first-order valence-electron chi connectivity index (χ1n) is 5.92. The predicted octanol–water partition coefficient (Wildman–Crippen LogP) is 4.49. The Hall–Kier alpha value is -2.88. The smallest absolute Gasteiger partial charge is 0.206 e. The maximum atomic E-state index is 14.2. The highest BCUT2D eigenvalue weighted by molar-refractivity contribution is 5.88. The summed E-state index contributed by atoms with van der Waals surface area (Å²) in [4.78, 5) is 0. The van der Waals surface area contributed by atoms with E-state index in [2.05, 4.69) is 0 Å². The van der Waals surface area contributed by atoms with Crippen LogP contribution in [0.15, 0.2) is 0 Å². The molecule has 2 aromatic carbocycles. The number of benzene rings is 2. The van der Waals surface area contributed by atoms with Crippen molar-refractivity contribution in [3.8, 4) is 12.1 Å². The highest BCUT2D eigenvalue weighted by atomic mass is 19.4. The molecule has 0 fully saturated rings.